The number of hydrogen-bond acceptors (Lipinski definition) is 5. The molecule has 0 fully saturated rings. The van der Waals surface area contributed by atoms with Crippen molar-refractivity contribution in [3.05, 3.63) is 44.3 Å². The van der Waals surface area contributed by atoms with E-state index in [4.69, 9.17) is 0 Å². The third kappa shape index (κ3) is 3.13. The van der Waals surface area contributed by atoms with Crippen molar-refractivity contribution in [2.45, 2.75) is 19.9 Å². The van der Waals surface area contributed by atoms with Crippen LogP contribution in [0.3, 0.4) is 0 Å². The summed E-state index contributed by atoms with van der Waals surface area (Å²) in [5.41, 5.74) is 2.07. The van der Waals surface area contributed by atoms with Crippen LogP contribution in [0.25, 0.3) is 0 Å². The largest absolute Gasteiger partial charge is 0.365 e. The molecule has 2 aromatic rings. The van der Waals surface area contributed by atoms with Crippen LogP contribution >= 0.6 is 15.9 Å². The molecule has 0 atom stereocenters. The van der Waals surface area contributed by atoms with Gasteiger partial charge in [-0.2, -0.15) is 5.10 Å². The highest BCUT2D eigenvalue weighted by Gasteiger charge is 2.11. The van der Waals surface area contributed by atoms with Gasteiger partial charge in [0.15, 0.2) is 0 Å². The minimum Gasteiger partial charge on any atom is -0.365 e. The van der Waals surface area contributed by atoms with Gasteiger partial charge in [0.2, 0.25) is 0 Å². The molecule has 106 valence electrons. The minimum atomic E-state index is -0.474. The summed E-state index contributed by atoms with van der Waals surface area (Å²) in [7, 11) is 1.88. The lowest BCUT2D eigenvalue weighted by Crippen LogP contribution is -2.04. The number of rotatable bonds is 5. The van der Waals surface area contributed by atoms with E-state index < -0.39 is 4.92 Å². The highest BCUT2D eigenvalue weighted by Crippen LogP contribution is 2.25. The summed E-state index contributed by atoms with van der Waals surface area (Å²) < 4.78 is 2.34. The third-order valence-corrected chi connectivity index (χ3v) is 3.42. The van der Waals surface area contributed by atoms with Gasteiger partial charge in [-0.25, -0.2) is 4.98 Å². The molecule has 0 bridgehead atoms. The van der Waals surface area contributed by atoms with Gasteiger partial charge in [0.25, 0.3) is 5.69 Å². The average Bonchev–Trinajstić information content (AvgIpc) is 2.77. The topological polar surface area (TPSA) is 85.9 Å². The first-order chi connectivity index (χ1) is 9.51. The number of hydrogen-bond donors (Lipinski definition) is 1. The van der Waals surface area contributed by atoms with Crippen molar-refractivity contribution in [3.63, 3.8) is 0 Å². The van der Waals surface area contributed by atoms with Crippen molar-refractivity contribution in [3.8, 4) is 0 Å². The Kier molecular flexibility index (Phi) is 4.33. The first-order valence-electron chi connectivity index (χ1n) is 6.06. The van der Waals surface area contributed by atoms with Crippen molar-refractivity contribution >= 4 is 27.4 Å². The number of nitrogens with zero attached hydrogens (tertiary/aromatic N) is 4. The van der Waals surface area contributed by atoms with Crippen LogP contribution in [0.5, 0.6) is 0 Å². The molecule has 0 unspecified atom stereocenters. The molecule has 0 aliphatic heterocycles. The number of pyridine rings is 1. The summed E-state index contributed by atoms with van der Waals surface area (Å²) in [5.74, 6) is 0.571. The SMILES string of the molecule is CCc1nn(C)cc1CNc1ncc([N+](=O)[O-])cc1Br. The number of aryl methyl sites for hydroxylation is 2. The molecular weight excluding hydrogens is 326 g/mol. The second kappa shape index (κ2) is 6.00. The van der Waals surface area contributed by atoms with E-state index in [1.807, 2.05) is 20.2 Å². The van der Waals surface area contributed by atoms with Gasteiger partial charge in [-0.05, 0) is 22.4 Å². The summed E-state index contributed by atoms with van der Waals surface area (Å²) in [6.45, 7) is 2.62. The Morgan fingerprint density at radius 1 is 1.55 bits per heavy atom. The van der Waals surface area contributed by atoms with Crippen LogP contribution in [-0.2, 0) is 20.0 Å². The number of halogens is 1. The van der Waals surface area contributed by atoms with Crippen molar-refractivity contribution in [1.82, 2.24) is 14.8 Å². The van der Waals surface area contributed by atoms with Gasteiger partial charge in [-0.1, -0.05) is 6.92 Å². The zero-order valence-electron chi connectivity index (χ0n) is 11.1. The molecule has 0 saturated carbocycles. The maximum Gasteiger partial charge on any atom is 0.288 e. The van der Waals surface area contributed by atoms with Crippen molar-refractivity contribution in [2.24, 2.45) is 7.05 Å². The molecule has 2 aromatic heterocycles. The lowest BCUT2D eigenvalue weighted by atomic mass is 10.2. The van der Waals surface area contributed by atoms with Crippen LogP contribution in [-0.4, -0.2) is 19.7 Å². The number of nitro groups is 1. The van der Waals surface area contributed by atoms with E-state index in [0.29, 0.717) is 16.8 Å². The van der Waals surface area contributed by atoms with Gasteiger partial charge in [-0.3, -0.25) is 14.8 Å². The second-order valence-electron chi connectivity index (χ2n) is 4.26. The maximum absolute atomic E-state index is 10.6. The molecule has 0 aliphatic carbocycles. The Morgan fingerprint density at radius 3 is 2.90 bits per heavy atom. The van der Waals surface area contributed by atoms with Crippen LogP contribution in [0.2, 0.25) is 0 Å². The smallest absolute Gasteiger partial charge is 0.288 e. The standard InChI is InChI=1S/C12H14BrN5O2/c1-3-11-8(7-17(2)16-11)5-14-12-10(13)4-9(6-15-12)18(19)20/h4,6-7H,3,5H2,1-2H3,(H,14,15). The van der Waals surface area contributed by atoms with Crippen molar-refractivity contribution in [2.75, 3.05) is 5.32 Å². The van der Waals surface area contributed by atoms with E-state index in [1.165, 1.54) is 12.3 Å². The van der Waals surface area contributed by atoms with Crippen molar-refractivity contribution < 1.29 is 4.92 Å². The molecule has 0 aliphatic rings. The van der Waals surface area contributed by atoms with Crippen LogP contribution in [0.4, 0.5) is 11.5 Å². The lowest BCUT2D eigenvalue weighted by Gasteiger charge is -2.06. The molecule has 0 aromatic carbocycles. The molecule has 7 nitrogen and oxygen atoms in total. The Balaban J connectivity index is 2.12. The molecule has 0 amide bonds. The molecule has 0 radical (unpaired) electrons. The third-order valence-electron chi connectivity index (χ3n) is 2.81. The minimum absolute atomic E-state index is 0.0435. The molecule has 2 heterocycles. The van der Waals surface area contributed by atoms with Gasteiger partial charge >= 0.3 is 0 Å². The first kappa shape index (κ1) is 14.4. The highest BCUT2D eigenvalue weighted by molar-refractivity contribution is 9.10. The molecule has 20 heavy (non-hydrogen) atoms. The fraction of sp³-hybridized carbons (Fsp3) is 0.333. The fourth-order valence-electron chi connectivity index (χ4n) is 1.87. The summed E-state index contributed by atoms with van der Waals surface area (Å²) in [6, 6.07) is 1.43. The summed E-state index contributed by atoms with van der Waals surface area (Å²) in [5, 5.41) is 18.1. The van der Waals surface area contributed by atoms with Crippen LogP contribution in [0.1, 0.15) is 18.2 Å². The zero-order valence-corrected chi connectivity index (χ0v) is 12.7. The molecule has 2 rings (SSSR count). The number of aromatic nitrogens is 3. The number of nitrogens with one attached hydrogen (secondary N) is 1. The molecule has 0 spiro atoms. The zero-order chi connectivity index (χ0) is 14.7. The summed E-state index contributed by atoms with van der Waals surface area (Å²) in [6.07, 6.45) is 4.04. The van der Waals surface area contributed by atoms with Gasteiger partial charge in [-0.15, -0.1) is 0 Å². The molecule has 0 saturated heterocycles. The van der Waals surface area contributed by atoms with Crippen LogP contribution in [0.15, 0.2) is 22.9 Å². The average molecular weight is 340 g/mol. The Morgan fingerprint density at radius 2 is 2.30 bits per heavy atom. The van der Waals surface area contributed by atoms with Crippen molar-refractivity contribution in [1.29, 1.82) is 0 Å². The van der Waals surface area contributed by atoms with Gasteiger partial charge in [0.05, 0.1) is 15.1 Å². The first-order valence-corrected chi connectivity index (χ1v) is 6.85. The van der Waals surface area contributed by atoms with E-state index >= 15 is 0 Å². The second-order valence-corrected chi connectivity index (χ2v) is 5.12. The molecular formula is C12H14BrN5O2. The van der Waals surface area contributed by atoms with Crippen LogP contribution in [0, 0.1) is 10.1 Å². The summed E-state index contributed by atoms with van der Waals surface area (Å²) >= 11 is 3.28. The van der Waals surface area contributed by atoms with E-state index in [0.717, 1.165) is 17.7 Å². The quantitative estimate of drug-likeness (QED) is 0.668. The van der Waals surface area contributed by atoms with E-state index in [-0.39, 0.29) is 5.69 Å². The molecule has 1 N–H and O–H groups in total. The predicted octanol–water partition coefficient (Wildman–Crippen LogP) is 2.66. The van der Waals surface area contributed by atoms with E-state index in [1.54, 1.807) is 4.68 Å². The summed E-state index contributed by atoms with van der Waals surface area (Å²) in [4.78, 5) is 14.2. The van der Waals surface area contributed by atoms with E-state index in [9.17, 15) is 10.1 Å². The van der Waals surface area contributed by atoms with E-state index in [2.05, 4.69) is 31.3 Å². The van der Waals surface area contributed by atoms with Gasteiger partial charge < -0.3 is 5.32 Å². The molecule has 8 heteroatoms. The monoisotopic (exact) mass is 339 g/mol. The van der Waals surface area contributed by atoms with Gasteiger partial charge in [0, 0.05) is 31.4 Å². The Bertz CT molecular complexity index is 641. The van der Waals surface area contributed by atoms with Gasteiger partial charge in [0.1, 0.15) is 12.0 Å². The predicted molar refractivity (Wildman–Crippen MR) is 78.5 cm³/mol. The lowest BCUT2D eigenvalue weighted by molar-refractivity contribution is -0.385. The Labute approximate surface area is 124 Å². The number of anilines is 1. The van der Waals surface area contributed by atoms with Crippen LogP contribution < -0.4 is 5.32 Å². The highest BCUT2D eigenvalue weighted by atomic mass is 79.9. The Hall–Kier alpha value is -1.96. The normalized spacial score (nSPS) is 10.6. The maximum atomic E-state index is 10.6. The fourth-order valence-corrected chi connectivity index (χ4v) is 2.34.